The molecule has 0 spiro atoms. The predicted molar refractivity (Wildman–Crippen MR) is 76.5 cm³/mol. The number of carbonyl (C=O) groups excluding carboxylic acids is 2. The molecule has 2 aromatic carbocycles. The van der Waals surface area contributed by atoms with Crippen LogP contribution >= 0.6 is 0 Å². The van der Waals surface area contributed by atoms with Gasteiger partial charge in [-0.3, -0.25) is 4.79 Å². The minimum Gasteiger partial charge on any atom is -0.325 e. The molecule has 2 aliphatic rings. The summed E-state index contributed by atoms with van der Waals surface area (Å²) in [6, 6.07) is 12.8. The van der Waals surface area contributed by atoms with Crippen LogP contribution < -0.4 is 10.2 Å². The molecular formula is C16H14N2O2. The largest absolute Gasteiger partial charge is 0.329 e. The third kappa shape index (κ3) is 1.61. The van der Waals surface area contributed by atoms with Crippen LogP contribution in [-0.4, -0.2) is 18.0 Å². The fourth-order valence-electron chi connectivity index (χ4n) is 2.88. The summed E-state index contributed by atoms with van der Waals surface area (Å²) in [5.74, 6) is 0.209. The summed E-state index contributed by atoms with van der Waals surface area (Å²) in [7, 11) is 0. The number of rotatable bonds is 2. The van der Waals surface area contributed by atoms with Crippen LogP contribution in [0.25, 0.3) is 10.8 Å². The van der Waals surface area contributed by atoms with E-state index >= 15 is 0 Å². The van der Waals surface area contributed by atoms with Gasteiger partial charge in [0.15, 0.2) is 0 Å². The van der Waals surface area contributed by atoms with Crippen molar-refractivity contribution in [2.24, 2.45) is 5.92 Å². The van der Waals surface area contributed by atoms with Gasteiger partial charge in [-0.1, -0.05) is 36.4 Å². The SMILES string of the molecule is O=C1N[C@H](C2CC2)C(=O)N1c1cccc2ccccc12. The Morgan fingerprint density at radius 3 is 2.55 bits per heavy atom. The van der Waals surface area contributed by atoms with E-state index in [-0.39, 0.29) is 18.0 Å². The number of nitrogens with one attached hydrogen (secondary N) is 1. The van der Waals surface area contributed by atoms with Gasteiger partial charge >= 0.3 is 6.03 Å². The van der Waals surface area contributed by atoms with E-state index in [0.717, 1.165) is 23.6 Å². The van der Waals surface area contributed by atoms with Gasteiger partial charge in [-0.2, -0.15) is 0 Å². The molecule has 0 radical (unpaired) electrons. The molecule has 1 atom stereocenters. The Kier molecular flexibility index (Phi) is 2.33. The number of amides is 3. The molecule has 1 heterocycles. The highest BCUT2D eigenvalue weighted by atomic mass is 16.2. The maximum Gasteiger partial charge on any atom is 0.329 e. The van der Waals surface area contributed by atoms with Crippen molar-refractivity contribution in [2.75, 3.05) is 4.90 Å². The lowest BCUT2D eigenvalue weighted by Crippen LogP contribution is -2.32. The van der Waals surface area contributed by atoms with Crippen LogP contribution in [0.4, 0.5) is 10.5 Å². The fourth-order valence-corrected chi connectivity index (χ4v) is 2.88. The van der Waals surface area contributed by atoms with Crippen molar-refractivity contribution < 1.29 is 9.59 Å². The summed E-state index contributed by atoms with van der Waals surface area (Å²) in [6.45, 7) is 0. The normalized spacial score (nSPS) is 22.4. The highest BCUT2D eigenvalue weighted by molar-refractivity contribution is 6.24. The lowest BCUT2D eigenvalue weighted by atomic mass is 10.1. The second kappa shape index (κ2) is 4.07. The first-order valence-electron chi connectivity index (χ1n) is 6.88. The maximum absolute atomic E-state index is 12.5. The molecule has 0 aromatic heterocycles. The lowest BCUT2D eigenvalue weighted by molar-refractivity contribution is -0.118. The Labute approximate surface area is 116 Å². The number of nitrogens with zero attached hydrogens (tertiary/aromatic N) is 1. The Bertz CT molecular complexity index is 716. The molecule has 1 aliphatic carbocycles. The van der Waals surface area contributed by atoms with Crippen molar-refractivity contribution in [3.05, 3.63) is 42.5 Å². The molecule has 3 amide bonds. The highest BCUT2D eigenvalue weighted by Crippen LogP contribution is 2.37. The van der Waals surface area contributed by atoms with Crippen molar-refractivity contribution in [2.45, 2.75) is 18.9 Å². The molecule has 1 aliphatic heterocycles. The lowest BCUT2D eigenvalue weighted by Gasteiger charge is -2.15. The predicted octanol–water partition coefficient (Wildman–Crippen LogP) is 2.67. The maximum atomic E-state index is 12.5. The number of carbonyl (C=O) groups is 2. The third-order valence-electron chi connectivity index (χ3n) is 4.07. The van der Waals surface area contributed by atoms with Crippen molar-refractivity contribution >= 4 is 28.4 Å². The molecule has 0 bridgehead atoms. The van der Waals surface area contributed by atoms with Crippen LogP contribution in [0, 0.1) is 5.92 Å². The van der Waals surface area contributed by atoms with Crippen molar-refractivity contribution in [3.63, 3.8) is 0 Å². The van der Waals surface area contributed by atoms with Gasteiger partial charge in [-0.15, -0.1) is 0 Å². The van der Waals surface area contributed by atoms with E-state index in [0.29, 0.717) is 11.6 Å². The van der Waals surface area contributed by atoms with Crippen LogP contribution in [0.3, 0.4) is 0 Å². The summed E-state index contributed by atoms with van der Waals surface area (Å²) in [5, 5.41) is 4.77. The van der Waals surface area contributed by atoms with E-state index in [2.05, 4.69) is 5.32 Å². The molecule has 2 aromatic rings. The van der Waals surface area contributed by atoms with Gasteiger partial charge in [0.25, 0.3) is 5.91 Å². The van der Waals surface area contributed by atoms with Gasteiger partial charge in [0.1, 0.15) is 6.04 Å². The number of benzene rings is 2. The van der Waals surface area contributed by atoms with Crippen LogP contribution in [-0.2, 0) is 4.79 Å². The Morgan fingerprint density at radius 2 is 1.75 bits per heavy atom. The Balaban J connectivity index is 1.82. The second-order valence-electron chi connectivity index (χ2n) is 5.44. The standard InChI is InChI=1S/C16H14N2O2/c19-15-14(11-8-9-11)17-16(20)18(15)13-7-3-5-10-4-1-2-6-12(10)13/h1-7,11,14H,8-9H2,(H,17,20)/t14-/m1/s1. The highest BCUT2D eigenvalue weighted by Gasteiger charge is 2.47. The number of fused-ring (bicyclic) bond motifs is 1. The first kappa shape index (κ1) is 11.5. The first-order chi connectivity index (χ1) is 9.75. The van der Waals surface area contributed by atoms with Gasteiger partial charge in [0.05, 0.1) is 5.69 Å². The molecule has 0 unspecified atom stereocenters. The van der Waals surface area contributed by atoms with Crippen molar-refractivity contribution in [1.82, 2.24) is 5.32 Å². The van der Waals surface area contributed by atoms with Crippen LogP contribution in [0.2, 0.25) is 0 Å². The van der Waals surface area contributed by atoms with E-state index in [1.165, 1.54) is 4.90 Å². The summed E-state index contributed by atoms with van der Waals surface area (Å²) >= 11 is 0. The van der Waals surface area contributed by atoms with E-state index in [4.69, 9.17) is 0 Å². The molecule has 20 heavy (non-hydrogen) atoms. The summed E-state index contributed by atoms with van der Waals surface area (Å²) in [6.07, 6.45) is 2.06. The summed E-state index contributed by atoms with van der Waals surface area (Å²) in [4.78, 5) is 25.9. The minimum atomic E-state index is -0.332. The zero-order valence-corrected chi connectivity index (χ0v) is 10.9. The van der Waals surface area contributed by atoms with E-state index in [9.17, 15) is 9.59 Å². The van der Waals surface area contributed by atoms with Gasteiger partial charge in [0, 0.05) is 5.39 Å². The summed E-state index contributed by atoms with van der Waals surface area (Å²) in [5.41, 5.74) is 0.675. The molecule has 4 nitrogen and oxygen atoms in total. The smallest absolute Gasteiger partial charge is 0.325 e. The molecule has 4 rings (SSSR count). The Hall–Kier alpha value is -2.36. The molecule has 4 heteroatoms. The molecule has 1 saturated heterocycles. The van der Waals surface area contributed by atoms with E-state index in [1.54, 1.807) is 0 Å². The zero-order chi connectivity index (χ0) is 13.7. The number of hydrogen-bond donors (Lipinski definition) is 1. The zero-order valence-electron chi connectivity index (χ0n) is 10.9. The molecule has 1 saturated carbocycles. The number of urea groups is 1. The van der Waals surface area contributed by atoms with Crippen LogP contribution in [0.5, 0.6) is 0 Å². The van der Waals surface area contributed by atoms with Gasteiger partial charge in [-0.25, -0.2) is 9.69 Å². The summed E-state index contributed by atoms with van der Waals surface area (Å²) < 4.78 is 0. The van der Waals surface area contributed by atoms with Gasteiger partial charge < -0.3 is 5.32 Å². The van der Waals surface area contributed by atoms with E-state index < -0.39 is 0 Å². The van der Waals surface area contributed by atoms with Crippen molar-refractivity contribution in [1.29, 1.82) is 0 Å². The average Bonchev–Trinajstić information content (AvgIpc) is 3.25. The quantitative estimate of drug-likeness (QED) is 0.850. The van der Waals surface area contributed by atoms with Gasteiger partial charge in [-0.05, 0) is 30.2 Å². The number of hydrogen-bond acceptors (Lipinski definition) is 2. The Morgan fingerprint density at radius 1 is 1.00 bits per heavy atom. The van der Waals surface area contributed by atoms with E-state index in [1.807, 2.05) is 42.5 Å². The third-order valence-corrected chi connectivity index (χ3v) is 4.07. The molecule has 1 N–H and O–H groups in total. The minimum absolute atomic E-state index is 0.117. The number of imide groups is 1. The molecular weight excluding hydrogens is 252 g/mol. The van der Waals surface area contributed by atoms with Crippen LogP contribution in [0.1, 0.15) is 12.8 Å². The van der Waals surface area contributed by atoms with Gasteiger partial charge in [0.2, 0.25) is 0 Å². The second-order valence-corrected chi connectivity index (χ2v) is 5.44. The molecule has 2 fully saturated rings. The number of anilines is 1. The topological polar surface area (TPSA) is 49.4 Å². The average molecular weight is 266 g/mol. The molecule has 100 valence electrons. The monoisotopic (exact) mass is 266 g/mol. The first-order valence-corrected chi connectivity index (χ1v) is 6.88. The van der Waals surface area contributed by atoms with Crippen molar-refractivity contribution in [3.8, 4) is 0 Å². The van der Waals surface area contributed by atoms with Crippen LogP contribution in [0.15, 0.2) is 42.5 Å². The fraction of sp³-hybridized carbons (Fsp3) is 0.250.